The van der Waals surface area contributed by atoms with Crippen LogP contribution in [0.4, 0.5) is 0 Å². The van der Waals surface area contributed by atoms with E-state index >= 15 is 0 Å². The quantitative estimate of drug-likeness (QED) is 0.863. The van der Waals surface area contributed by atoms with Gasteiger partial charge in [0.05, 0.1) is 12.2 Å². The van der Waals surface area contributed by atoms with E-state index in [4.69, 9.17) is 4.74 Å². The summed E-state index contributed by atoms with van der Waals surface area (Å²) < 4.78 is 6.15. The minimum atomic E-state index is -0.176. The number of hydrogen-bond donors (Lipinski definition) is 1. The molecular weight excluding hydrogens is 262 g/mol. The molecule has 1 amide bonds. The van der Waals surface area contributed by atoms with Crippen LogP contribution in [0.2, 0.25) is 0 Å². The standard InChI is InChI=1S/C18H23NO2/c1-13(20)19-10-5-9-18(2)17-12-14-6-3-4-7-15(14)16(17)8-11-21-18/h3-4,6-7H,5,8-12H2,1-2H3,(H,19,20). The van der Waals surface area contributed by atoms with Crippen LogP contribution >= 0.6 is 0 Å². The van der Waals surface area contributed by atoms with E-state index in [1.807, 2.05) is 0 Å². The van der Waals surface area contributed by atoms with Crippen molar-refractivity contribution in [3.8, 4) is 0 Å². The van der Waals surface area contributed by atoms with E-state index in [9.17, 15) is 4.79 Å². The van der Waals surface area contributed by atoms with E-state index in [2.05, 4.69) is 36.5 Å². The molecule has 2 aliphatic rings. The maximum atomic E-state index is 11.0. The van der Waals surface area contributed by atoms with Crippen molar-refractivity contribution in [1.82, 2.24) is 5.32 Å². The van der Waals surface area contributed by atoms with Crippen molar-refractivity contribution in [3.63, 3.8) is 0 Å². The van der Waals surface area contributed by atoms with Gasteiger partial charge in [-0.3, -0.25) is 4.79 Å². The minimum absolute atomic E-state index is 0.0397. The largest absolute Gasteiger partial charge is 0.371 e. The fourth-order valence-electron chi connectivity index (χ4n) is 3.60. The van der Waals surface area contributed by atoms with Gasteiger partial charge >= 0.3 is 0 Å². The topological polar surface area (TPSA) is 38.3 Å². The summed E-state index contributed by atoms with van der Waals surface area (Å²) in [7, 11) is 0. The molecule has 1 aromatic carbocycles. The van der Waals surface area contributed by atoms with Gasteiger partial charge in [-0.15, -0.1) is 0 Å². The van der Waals surface area contributed by atoms with Crippen LogP contribution in [0.5, 0.6) is 0 Å². The van der Waals surface area contributed by atoms with Crippen molar-refractivity contribution in [3.05, 3.63) is 41.0 Å². The van der Waals surface area contributed by atoms with Gasteiger partial charge in [-0.05, 0) is 54.9 Å². The Bertz CT molecular complexity index is 591. The third kappa shape index (κ3) is 2.75. The van der Waals surface area contributed by atoms with Crippen molar-refractivity contribution in [2.75, 3.05) is 13.2 Å². The van der Waals surface area contributed by atoms with E-state index in [0.717, 1.165) is 38.8 Å². The SMILES string of the molecule is CC(=O)NCCCC1(C)OCCC2=C1Cc1ccccc12. The molecule has 1 unspecified atom stereocenters. The number of carbonyl (C=O) groups is 1. The second-order valence-corrected chi connectivity index (χ2v) is 6.21. The number of rotatable bonds is 4. The predicted octanol–water partition coefficient (Wildman–Crippen LogP) is 3.09. The van der Waals surface area contributed by atoms with E-state index < -0.39 is 0 Å². The van der Waals surface area contributed by atoms with Gasteiger partial charge in [-0.1, -0.05) is 24.3 Å². The van der Waals surface area contributed by atoms with Crippen LogP contribution in [0.25, 0.3) is 5.57 Å². The van der Waals surface area contributed by atoms with Crippen LogP contribution in [0.3, 0.4) is 0 Å². The van der Waals surface area contributed by atoms with Crippen LogP contribution in [-0.2, 0) is 16.0 Å². The van der Waals surface area contributed by atoms with Crippen molar-refractivity contribution >= 4 is 11.5 Å². The number of fused-ring (bicyclic) bond motifs is 2. The maximum absolute atomic E-state index is 11.0. The highest BCUT2D eigenvalue weighted by molar-refractivity contribution is 5.78. The number of ether oxygens (including phenoxy) is 1. The van der Waals surface area contributed by atoms with E-state index in [0.29, 0.717) is 0 Å². The first-order chi connectivity index (χ1) is 10.1. The molecule has 1 aliphatic heterocycles. The Balaban J connectivity index is 1.75. The summed E-state index contributed by atoms with van der Waals surface area (Å²) in [5.41, 5.74) is 5.63. The highest BCUT2D eigenvalue weighted by atomic mass is 16.5. The molecule has 0 bridgehead atoms. The van der Waals surface area contributed by atoms with Gasteiger partial charge in [0.2, 0.25) is 5.91 Å². The molecule has 3 rings (SSSR count). The summed E-state index contributed by atoms with van der Waals surface area (Å²) in [6, 6.07) is 8.71. The monoisotopic (exact) mass is 285 g/mol. The van der Waals surface area contributed by atoms with Gasteiger partial charge in [0.25, 0.3) is 0 Å². The highest BCUT2D eigenvalue weighted by Crippen LogP contribution is 2.45. The second kappa shape index (κ2) is 5.64. The molecule has 21 heavy (non-hydrogen) atoms. The first-order valence-electron chi connectivity index (χ1n) is 7.79. The lowest BCUT2D eigenvalue weighted by atomic mass is 9.84. The van der Waals surface area contributed by atoms with Crippen LogP contribution in [0.1, 0.15) is 44.2 Å². The maximum Gasteiger partial charge on any atom is 0.216 e. The third-order valence-corrected chi connectivity index (χ3v) is 4.69. The fraction of sp³-hybridized carbons (Fsp3) is 0.500. The van der Waals surface area contributed by atoms with Gasteiger partial charge in [0.1, 0.15) is 0 Å². The molecule has 1 N–H and O–H groups in total. The van der Waals surface area contributed by atoms with Crippen LogP contribution in [-0.4, -0.2) is 24.7 Å². The number of nitrogens with one attached hydrogen (secondary N) is 1. The third-order valence-electron chi connectivity index (χ3n) is 4.69. The lowest BCUT2D eigenvalue weighted by Crippen LogP contribution is -2.36. The summed E-state index contributed by atoms with van der Waals surface area (Å²) in [6.07, 6.45) is 3.94. The molecule has 112 valence electrons. The summed E-state index contributed by atoms with van der Waals surface area (Å²) in [5.74, 6) is 0.0397. The summed E-state index contributed by atoms with van der Waals surface area (Å²) in [4.78, 5) is 11.0. The first kappa shape index (κ1) is 14.3. The van der Waals surface area contributed by atoms with Gasteiger partial charge in [-0.25, -0.2) is 0 Å². The summed E-state index contributed by atoms with van der Waals surface area (Å²) in [6.45, 7) is 5.29. The lowest BCUT2D eigenvalue weighted by Gasteiger charge is -2.36. The fourth-order valence-corrected chi connectivity index (χ4v) is 3.60. The molecule has 1 atom stereocenters. The second-order valence-electron chi connectivity index (χ2n) is 6.21. The molecule has 1 aromatic rings. The Morgan fingerprint density at radius 3 is 3.00 bits per heavy atom. The Labute approximate surface area is 126 Å². The number of amides is 1. The average Bonchev–Trinajstić information content (AvgIpc) is 2.84. The molecule has 0 fully saturated rings. The Morgan fingerprint density at radius 1 is 1.38 bits per heavy atom. The molecule has 0 spiro atoms. The molecule has 3 heteroatoms. The molecule has 3 nitrogen and oxygen atoms in total. The number of benzene rings is 1. The Kier molecular flexibility index (Phi) is 3.85. The van der Waals surface area contributed by atoms with Gasteiger partial charge in [-0.2, -0.15) is 0 Å². The van der Waals surface area contributed by atoms with Crippen LogP contribution < -0.4 is 5.32 Å². The molecule has 0 saturated heterocycles. The van der Waals surface area contributed by atoms with Gasteiger partial charge in [0, 0.05) is 13.5 Å². The minimum Gasteiger partial charge on any atom is -0.371 e. The molecule has 0 saturated carbocycles. The average molecular weight is 285 g/mol. The first-order valence-corrected chi connectivity index (χ1v) is 7.79. The molecule has 0 radical (unpaired) electrons. The Morgan fingerprint density at radius 2 is 2.19 bits per heavy atom. The molecule has 0 aromatic heterocycles. The molecular formula is C18H23NO2. The van der Waals surface area contributed by atoms with E-state index in [-0.39, 0.29) is 11.5 Å². The normalized spacial score (nSPS) is 23.7. The summed E-state index contributed by atoms with van der Waals surface area (Å²) >= 11 is 0. The van der Waals surface area contributed by atoms with E-state index in [1.165, 1.54) is 22.3 Å². The van der Waals surface area contributed by atoms with E-state index in [1.54, 1.807) is 6.92 Å². The van der Waals surface area contributed by atoms with Crippen LogP contribution in [0.15, 0.2) is 29.8 Å². The highest BCUT2D eigenvalue weighted by Gasteiger charge is 2.38. The zero-order chi connectivity index (χ0) is 14.9. The van der Waals surface area contributed by atoms with Gasteiger partial charge < -0.3 is 10.1 Å². The molecule has 1 heterocycles. The zero-order valence-corrected chi connectivity index (χ0v) is 12.9. The smallest absolute Gasteiger partial charge is 0.216 e. The zero-order valence-electron chi connectivity index (χ0n) is 12.9. The Hall–Kier alpha value is -1.61. The van der Waals surface area contributed by atoms with Crippen molar-refractivity contribution in [2.24, 2.45) is 0 Å². The summed E-state index contributed by atoms with van der Waals surface area (Å²) in [5, 5.41) is 2.87. The number of hydrogen-bond acceptors (Lipinski definition) is 2. The van der Waals surface area contributed by atoms with Gasteiger partial charge in [0.15, 0.2) is 0 Å². The molecule has 1 aliphatic carbocycles. The van der Waals surface area contributed by atoms with Crippen molar-refractivity contribution in [1.29, 1.82) is 0 Å². The van der Waals surface area contributed by atoms with Crippen molar-refractivity contribution < 1.29 is 9.53 Å². The van der Waals surface area contributed by atoms with Crippen LogP contribution in [0, 0.1) is 0 Å². The predicted molar refractivity (Wildman–Crippen MR) is 84.0 cm³/mol. The van der Waals surface area contributed by atoms with Crippen molar-refractivity contribution in [2.45, 2.75) is 45.1 Å². The number of carbonyl (C=O) groups excluding carboxylic acids is 1. The lowest BCUT2D eigenvalue weighted by molar-refractivity contribution is -0.119.